The standard InChI is InChI=1S/C20H27F3N6O/c1-4-6-14(12(3)30)26-19-28-17(15-7-5-8-16(25-15)20(21,22)23)27-18(29-19)24-11(2)13-9-10-13/h5,7-8,11-14,30H,4,6,9-10H2,1-3H3,(H2,24,26,27,28,29)/t11-,12-,14+/m1/s1. The molecule has 0 unspecified atom stereocenters. The number of hydrogen-bond acceptors (Lipinski definition) is 7. The number of alkyl halides is 3. The van der Waals surface area contributed by atoms with E-state index in [1.165, 1.54) is 12.1 Å². The molecule has 2 heterocycles. The fourth-order valence-corrected chi connectivity index (χ4v) is 3.17. The van der Waals surface area contributed by atoms with Gasteiger partial charge in [0.1, 0.15) is 11.4 Å². The minimum absolute atomic E-state index is 0.00138. The molecule has 0 bridgehead atoms. The van der Waals surface area contributed by atoms with Gasteiger partial charge >= 0.3 is 6.18 Å². The van der Waals surface area contributed by atoms with Crippen LogP contribution >= 0.6 is 0 Å². The van der Waals surface area contributed by atoms with E-state index in [9.17, 15) is 18.3 Å². The molecule has 2 aromatic rings. The first-order valence-electron chi connectivity index (χ1n) is 10.2. The zero-order chi connectivity index (χ0) is 21.9. The Morgan fingerprint density at radius 3 is 2.30 bits per heavy atom. The molecule has 1 saturated carbocycles. The topological polar surface area (TPSA) is 95.9 Å². The van der Waals surface area contributed by atoms with Gasteiger partial charge in [0.25, 0.3) is 0 Å². The highest BCUT2D eigenvalue weighted by Crippen LogP contribution is 2.34. The summed E-state index contributed by atoms with van der Waals surface area (Å²) in [6.07, 6.45) is -1.47. The average Bonchev–Trinajstić information content (AvgIpc) is 3.52. The molecule has 3 N–H and O–H groups in total. The molecule has 0 amide bonds. The largest absolute Gasteiger partial charge is 0.433 e. The third-order valence-electron chi connectivity index (χ3n) is 5.09. The molecule has 3 atom stereocenters. The molecule has 1 aliphatic rings. The van der Waals surface area contributed by atoms with Crippen molar-refractivity contribution >= 4 is 11.9 Å². The van der Waals surface area contributed by atoms with E-state index in [4.69, 9.17) is 0 Å². The summed E-state index contributed by atoms with van der Waals surface area (Å²) in [5.41, 5.74) is -1.01. The maximum atomic E-state index is 13.1. The number of pyridine rings is 1. The SMILES string of the molecule is CCC[C@H](Nc1nc(N[C@H](C)C2CC2)nc(-c2cccc(C(F)(F)F)n2)n1)[C@@H](C)O. The third-order valence-corrected chi connectivity index (χ3v) is 5.09. The van der Waals surface area contributed by atoms with Crippen LogP contribution in [0.3, 0.4) is 0 Å². The van der Waals surface area contributed by atoms with Gasteiger partial charge in [-0.2, -0.15) is 28.1 Å². The third kappa shape index (κ3) is 5.78. The highest BCUT2D eigenvalue weighted by atomic mass is 19.4. The number of aromatic nitrogens is 4. The van der Waals surface area contributed by atoms with Crippen LogP contribution in [0.25, 0.3) is 11.5 Å². The van der Waals surface area contributed by atoms with Crippen molar-refractivity contribution < 1.29 is 18.3 Å². The molecule has 3 rings (SSSR count). The molecule has 0 aromatic carbocycles. The van der Waals surface area contributed by atoms with Crippen LogP contribution in [0.2, 0.25) is 0 Å². The maximum absolute atomic E-state index is 13.1. The Labute approximate surface area is 173 Å². The molecule has 164 valence electrons. The second-order valence-corrected chi connectivity index (χ2v) is 7.76. The average molecular weight is 424 g/mol. The van der Waals surface area contributed by atoms with Crippen LogP contribution in [0.15, 0.2) is 18.2 Å². The minimum Gasteiger partial charge on any atom is -0.391 e. The quantitative estimate of drug-likeness (QED) is 0.557. The first-order chi connectivity index (χ1) is 14.2. The van der Waals surface area contributed by atoms with Crippen LogP contribution in [-0.2, 0) is 6.18 Å². The van der Waals surface area contributed by atoms with E-state index >= 15 is 0 Å². The lowest BCUT2D eigenvalue weighted by Crippen LogP contribution is -2.32. The summed E-state index contributed by atoms with van der Waals surface area (Å²) >= 11 is 0. The predicted molar refractivity (Wildman–Crippen MR) is 108 cm³/mol. The predicted octanol–water partition coefficient (Wildman–Crippen LogP) is 4.12. The summed E-state index contributed by atoms with van der Waals surface area (Å²) in [6, 6.07) is 3.44. The fraction of sp³-hybridized carbons (Fsp3) is 0.600. The molecule has 0 spiro atoms. The van der Waals surface area contributed by atoms with Crippen LogP contribution in [0.4, 0.5) is 25.1 Å². The van der Waals surface area contributed by atoms with Gasteiger partial charge in [0.2, 0.25) is 11.9 Å². The van der Waals surface area contributed by atoms with Gasteiger partial charge in [0.05, 0.1) is 12.1 Å². The molecule has 30 heavy (non-hydrogen) atoms. The number of rotatable bonds is 9. The molecule has 0 aliphatic heterocycles. The lowest BCUT2D eigenvalue weighted by atomic mass is 10.1. The fourth-order valence-electron chi connectivity index (χ4n) is 3.17. The molecule has 7 nitrogen and oxygen atoms in total. The molecule has 0 radical (unpaired) electrons. The molecule has 1 aliphatic carbocycles. The summed E-state index contributed by atoms with van der Waals surface area (Å²) < 4.78 is 39.3. The Hall–Kier alpha value is -2.49. The summed E-state index contributed by atoms with van der Waals surface area (Å²) in [5, 5.41) is 16.3. The van der Waals surface area contributed by atoms with Gasteiger partial charge in [-0.1, -0.05) is 19.4 Å². The number of nitrogens with one attached hydrogen (secondary N) is 2. The summed E-state index contributed by atoms with van der Waals surface area (Å²) in [7, 11) is 0. The number of aliphatic hydroxyl groups is 1. The van der Waals surface area contributed by atoms with Gasteiger partial charge in [0, 0.05) is 6.04 Å². The van der Waals surface area contributed by atoms with Gasteiger partial charge in [-0.05, 0) is 51.2 Å². The monoisotopic (exact) mass is 424 g/mol. The second kappa shape index (κ2) is 9.11. The lowest BCUT2D eigenvalue weighted by molar-refractivity contribution is -0.141. The van der Waals surface area contributed by atoms with E-state index < -0.39 is 18.0 Å². The van der Waals surface area contributed by atoms with Gasteiger partial charge in [-0.3, -0.25) is 0 Å². The number of nitrogens with zero attached hydrogens (tertiary/aromatic N) is 4. The highest BCUT2D eigenvalue weighted by molar-refractivity contribution is 5.54. The zero-order valence-electron chi connectivity index (χ0n) is 17.2. The maximum Gasteiger partial charge on any atom is 0.433 e. The number of hydrogen-bond donors (Lipinski definition) is 3. The Morgan fingerprint density at radius 2 is 1.73 bits per heavy atom. The molecular weight excluding hydrogens is 397 g/mol. The van der Waals surface area contributed by atoms with E-state index in [1.54, 1.807) is 6.92 Å². The van der Waals surface area contributed by atoms with Crippen molar-refractivity contribution in [1.82, 2.24) is 19.9 Å². The molecule has 1 fully saturated rings. The Kier molecular flexibility index (Phi) is 6.74. The zero-order valence-corrected chi connectivity index (χ0v) is 17.2. The molecular formula is C20H27F3N6O. The Balaban J connectivity index is 1.96. The van der Waals surface area contributed by atoms with Crippen molar-refractivity contribution in [1.29, 1.82) is 0 Å². The number of halogens is 3. The van der Waals surface area contributed by atoms with Crippen LogP contribution in [0, 0.1) is 5.92 Å². The Bertz CT molecular complexity index is 857. The van der Waals surface area contributed by atoms with Crippen LogP contribution in [0.1, 0.15) is 52.1 Å². The van der Waals surface area contributed by atoms with Crippen molar-refractivity contribution in [2.24, 2.45) is 5.92 Å². The first-order valence-corrected chi connectivity index (χ1v) is 10.2. The Morgan fingerprint density at radius 1 is 1.07 bits per heavy atom. The van der Waals surface area contributed by atoms with Crippen molar-refractivity contribution in [3.63, 3.8) is 0 Å². The summed E-state index contributed by atoms with van der Waals surface area (Å²) in [4.78, 5) is 16.7. The van der Waals surface area contributed by atoms with E-state index in [1.807, 2.05) is 13.8 Å². The van der Waals surface area contributed by atoms with Gasteiger partial charge in [-0.15, -0.1) is 0 Å². The van der Waals surface area contributed by atoms with E-state index in [2.05, 4.69) is 30.6 Å². The number of anilines is 2. The van der Waals surface area contributed by atoms with Crippen molar-refractivity contribution in [2.45, 2.75) is 70.8 Å². The second-order valence-electron chi connectivity index (χ2n) is 7.76. The lowest BCUT2D eigenvalue weighted by Gasteiger charge is -2.21. The van der Waals surface area contributed by atoms with E-state index in [-0.39, 0.29) is 35.5 Å². The van der Waals surface area contributed by atoms with Gasteiger partial charge in [0.15, 0.2) is 5.82 Å². The van der Waals surface area contributed by atoms with Crippen LogP contribution in [0.5, 0.6) is 0 Å². The van der Waals surface area contributed by atoms with Crippen LogP contribution < -0.4 is 10.6 Å². The van der Waals surface area contributed by atoms with E-state index in [0.29, 0.717) is 12.3 Å². The summed E-state index contributed by atoms with van der Waals surface area (Å²) in [5.74, 6) is 1.01. The summed E-state index contributed by atoms with van der Waals surface area (Å²) in [6.45, 7) is 5.68. The molecule has 10 heteroatoms. The minimum atomic E-state index is -4.57. The molecule has 2 aromatic heterocycles. The van der Waals surface area contributed by atoms with Gasteiger partial charge < -0.3 is 15.7 Å². The van der Waals surface area contributed by atoms with E-state index in [0.717, 1.165) is 25.3 Å². The smallest absolute Gasteiger partial charge is 0.391 e. The first kappa shape index (κ1) is 22.2. The van der Waals surface area contributed by atoms with Crippen molar-refractivity contribution in [3.8, 4) is 11.5 Å². The molecule has 0 saturated heterocycles. The van der Waals surface area contributed by atoms with Crippen molar-refractivity contribution in [2.75, 3.05) is 10.6 Å². The number of aliphatic hydroxyl groups excluding tert-OH is 1. The highest BCUT2D eigenvalue weighted by Gasteiger charge is 2.33. The van der Waals surface area contributed by atoms with Gasteiger partial charge in [-0.25, -0.2) is 4.98 Å². The van der Waals surface area contributed by atoms with Crippen molar-refractivity contribution in [3.05, 3.63) is 23.9 Å². The van der Waals surface area contributed by atoms with Crippen LogP contribution in [-0.4, -0.2) is 43.2 Å². The normalized spacial score (nSPS) is 17.3.